The summed E-state index contributed by atoms with van der Waals surface area (Å²) in [6, 6.07) is 12.9. The Labute approximate surface area is 183 Å². The lowest BCUT2D eigenvalue weighted by molar-refractivity contribution is -0.123. The van der Waals surface area contributed by atoms with Crippen LogP contribution in [0.15, 0.2) is 64.3 Å². The molecule has 0 spiro atoms. The van der Waals surface area contributed by atoms with Crippen molar-refractivity contribution < 1.29 is 13.9 Å². The predicted molar refractivity (Wildman–Crippen MR) is 118 cm³/mol. The highest BCUT2D eigenvalue weighted by Crippen LogP contribution is 2.29. The Morgan fingerprint density at radius 1 is 1.19 bits per heavy atom. The van der Waals surface area contributed by atoms with E-state index in [-0.39, 0.29) is 24.2 Å². The fourth-order valence-electron chi connectivity index (χ4n) is 4.13. The maximum atomic E-state index is 12.4. The Bertz CT molecular complexity index is 1330. The molecule has 0 saturated carbocycles. The van der Waals surface area contributed by atoms with E-state index in [0.29, 0.717) is 11.3 Å². The summed E-state index contributed by atoms with van der Waals surface area (Å²) in [4.78, 5) is 28.5. The van der Waals surface area contributed by atoms with E-state index in [4.69, 9.17) is 9.15 Å². The van der Waals surface area contributed by atoms with Crippen molar-refractivity contribution in [3.05, 3.63) is 82.2 Å². The number of carbonyl (C=O) groups is 1. The standard InChI is InChI=1S/C24H22N4O4/c1-15(16-5-7-17(8-6-16)28-14-25-13-26-28)27-23(29)12-31-18-9-10-20-19-3-2-4-21(19)24(30)32-22(20)11-18/h5-11,13-15H,2-4,12H2,1H3,(H,27,29). The molecule has 1 aliphatic rings. The quantitative estimate of drug-likeness (QED) is 0.472. The minimum absolute atomic E-state index is 0.137. The van der Waals surface area contributed by atoms with Gasteiger partial charge in [-0.15, -0.1) is 0 Å². The molecule has 162 valence electrons. The summed E-state index contributed by atoms with van der Waals surface area (Å²) in [5.74, 6) is 0.243. The highest BCUT2D eigenvalue weighted by molar-refractivity contribution is 5.83. The van der Waals surface area contributed by atoms with Crippen molar-refractivity contribution in [2.24, 2.45) is 0 Å². The van der Waals surface area contributed by atoms with Gasteiger partial charge in [-0.25, -0.2) is 14.5 Å². The molecule has 1 amide bonds. The third kappa shape index (κ3) is 3.87. The molecular formula is C24H22N4O4. The first-order valence-corrected chi connectivity index (χ1v) is 10.5. The first kappa shape index (κ1) is 20.0. The summed E-state index contributed by atoms with van der Waals surface area (Å²) in [5.41, 5.74) is 3.93. The van der Waals surface area contributed by atoms with Crippen molar-refractivity contribution in [3.8, 4) is 11.4 Å². The molecule has 8 nitrogen and oxygen atoms in total. The molecule has 0 bridgehead atoms. The number of hydrogen-bond acceptors (Lipinski definition) is 6. The zero-order valence-electron chi connectivity index (χ0n) is 17.6. The Kier molecular flexibility index (Phi) is 5.18. The van der Waals surface area contributed by atoms with Gasteiger partial charge in [0.1, 0.15) is 24.0 Å². The van der Waals surface area contributed by atoms with Gasteiger partial charge in [-0.1, -0.05) is 12.1 Å². The largest absolute Gasteiger partial charge is 0.484 e. The number of nitrogens with zero attached hydrogens (tertiary/aromatic N) is 3. The van der Waals surface area contributed by atoms with Gasteiger partial charge in [0.15, 0.2) is 6.61 Å². The molecule has 0 saturated heterocycles. The van der Waals surface area contributed by atoms with Crippen LogP contribution in [0.1, 0.15) is 36.1 Å². The lowest BCUT2D eigenvalue weighted by atomic mass is 10.1. The fraction of sp³-hybridized carbons (Fsp3) is 0.250. The number of fused-ring (bicyclic) bond motifs is 3. The van der Waals surface area contributed by atoms with E-state index >= 15 is 0 Å². The smallest absolute Gasteiger partial charge is 0.339 e. The number of benzene rings is 2. The number of hydrogen-bond donors (Lipinski definition) is 1. The van der Waals surface area contributed by atoms with Crippen LogP contribution in [0.4, 0.5) is 0 Å². The molecule has 4 aromatic rings. The molecule has 0 aliphatic heterocycles. The number of ether oxygens (including phenoxy) is 1. The number of amides is 1. The Hall–Kier alpha value is -3.94. The van der Waals surface area contributed by atoms with Gasteiger partial charge in [0.2, 0.25) is 0 Å². The van der Waals surface area contributed by atoms with Gasteiger partial charge in [-0.2, -0.15) is 5.10 Å². The van der Waals surface area contributed by atoms with E-state index in [1.165, 1.54) is 6.33 Å². The highest BCUT2D eigenvalue weighted by Gasteiger charge is 2.20. The second-order valence-corrected chi connectivity index (χ2v) is 7.87. The van der Waals surface area contributed by atoms with Crippen LogP contribution in [-0.4, -0.2) is 27.3 Å². The molecule has 2 aromatic heterocycles. The van der Waals surface area contributed by atoms with Crippen LogP contribution in [-0.2, 0) is 17.6 Å². The van der Waals surface area contributed by atoms with Crippen LogP contribution in [0.5, 0.6) is 5.75 Å². The number of rotatable bonds is 6. The molecule has 1 aliphatic carbocycles. The summed E-state index contributed by atoms with van der Waals surface area (Å²) < 4.78 is 12.8. The van der Waals surface area contributed by atoms with Gasteiger partial charge < -0.3 is 14.5 Å². The second kappa shape index (κ2) is 8.30. The molecule has 2 aromatic carbocycles. The Morgan fingerprint density at radius 3 is 2.78 bits per heavy atom. The van der Waals surface area contributed by atoms with Crippen LogP contribution in [0.2, 0.25) is 0 Å². The third-order valence-corrected chi connectivity index (χ3v) is 5.77. The number of aryl methyl sites for hydroxylation is 1. The lowest BCUT2D eigenvalue weighted by Gasteiger charge is -2.15. The van der Waals surface area contributed by atoms with E-state index in [1.807, 2.05) is 37.3 Å². The van der Waals surface area contributed by atoms with Crippen molar-refractivity contribution in [1.29, 1.82) is 0 Å². The fourth-order valence-corrected chi connectivity index (χ4v) is 4.13. The van der Waals surface area contributed by atoms with Crippen molar-refractivity contribution in [2.45, 2.75) is 32.2 Å². The summed E-state index contributed by atoms with van der Waals surface area (Å²) in [6.07, 6.45) is 5.74. The molecule has 2 heterocycles. The average molecular weight is 430 g/mol. The van der Waals surface area contributed by atoms with Crippen LogP contribution in [0, 0.1) is 0 Å². The van der Waals surface area contributed by atoms with Gasteiger partial charge in [0.25, 0.3) is 5.91 Å². The van der Waals surface area contributed by atoms with E-state index in [0.717, 1.165) is 47.0 Å². The van der Waals surface area contributed by atoms with Crippen molar-refractivity contribution in [3.63, 3.8) is 0 Å². The number of carbonyl (C=O) groups excluding carboxylic acids is 1. The second-order valence-electron chi connectivity index (χ2n) is 7.87. The van der Waals surface area contributed by atoms with Crippen molar-refractivity contribution in [1.82, 2.24) is 20.1 Å². The Morgan fingerprint density at radius 2 is 2.00 bits per heavy atom. The molecule has 0 fully saturated rings. The molecule has 5 rings (SSSR count). The summed E-state index contributed by atoms with van der Waals surface area (Å²) in [5, 5.41) is 7.97. The average Bonchev–Trinajstić information content (AvgIpc) is 3.50. The molecule has 1 unspecified atom stereocenters. The maximum absolute atomic E-state index is 12.4. The zero-order valence-corrected chi connectivity index (χ0v) is 17.6. The van der Waals surface area contributed by atoms with E-state index < -0.39 is 0 Å². The minimum atomic E-state index is -0.274. The first-order valence-electron chi connectivity index (χ1n) is 10.5. The van der Waals surface area contributed by atoms with Crippen LogP contribution in [0.3, 0.4) is 0 Å². The van der Waals surface area contributed by atoms with Gasteiger partial charge in [0, 0.05) is 17.0 Å². The summed E-state index contributed by atoms with van der Waals surface area (Å²) in [7, 11) is 0. The van der Waals surface area contributed by atoms with E-state index in [2.05, 4.69) is 15.4 Å². The summed E-state index contributed by atoms with van der Waals surface area (Å²) >= 11 is 0. The highest BCUT2D eigenvalue weighted by atomic mass is 16.5. The molecular weight excluding hydrogens is 408 g/mol. The predicted octanol–water partition coefficient (Wildman–Crippen LogP) is 3.12. The number of nitrogens with one attached hydrogen (secondary N) is 1. The monoisotopic (exact) mass is 430 g/mol. The minimum Gasteiger partial charge on any atom is -0.484 e. The molecule has 1 atom stereocenters. The maximum Gasteiger partial charge on any atom is 0.339 e. The summed E-state index contributed by atoms with van der Waals surface area (Å²) in [6.45, 7) is 1.77. The topological polar surface area (TPSA) is 99.2 Å². The molecule has 1 N–H and O–H groups in total. The van der Waals surface area contributed by atoms with Crippen molar-refractivity contribution >= 4 is 16.9 Å². The van der Waals surface area contributed by atoms with Crippen LogP contribution >= 0.6 is 0 Å². The van der Waals surface area contributed by atoms with Crippen molar-refractivity contribution in [2.75, 3.05) is 6.61 Å². The van der Waals surface area contributed by atoms with E-state index in [9.17, 15) is 9.59 Å². The zero-order chi connectivity index (χ0) is 22.1. The Balaban J connectivity index is 1.21. The van der Waals surface area contributed by atoms with Crippen LogP contribution in [0.25, 0.3) is 16.7 Å². The molecule has 0 radical (unpaired) electrons. The molecule has 8 heteroatoms. The third-order valence-electron chi connectivity index (χ3n) is 5.77. The molecule has 32 heavy (non-hydrogen) atoms. The normalized spacial score (nSPS) is 13.7. The van der Waals surface area contributed by atoms with E-state index in [1.54, 1.807) is 23.1 Å². The van der Waals surface area contributed by atoms with Gasteiger partial charge in [-0.05, 0) is 61.6 Å². The van der Waals surface area contributed by atoms with Gasteiger partial charge in [0.05, 0.1) is 11.7 Å². The van der Waals surface area contributed by atoms with Crippen LogP contribution < -0.4 is 15.7 Å². The van der Waals surface area contributed by atoms with Gasteiger partial charge in [-0.3, -0.25) is 4.79 Å². The number of aromatic nitrogens is 3. The SMILES string of the molecule is CC(NC(=O)COc1ccc2c3c(c(=O)oc2c1)CCC3)c1ccc(-n2cncn2)cc1. The first-order chi connectivity index (χ1) is 15.6. The van der Waals surface area contributed by atoms with Gasteiger partial charge >= 0.3 is 5.63 Å². The lowest BCUT2D eigenvalue weighted by Crippen LogP contribution is -2.31.